The van der Waals surface area contributed by atoms with E-state index in [1.54, 1.807) is 0 Å². The minimum Gasteiger partial charge on any atom is -0.384 e. The van der Waals surface area contributed by atoms with Gasteiger partial charge < -0.3 is 15.4 Å². The molecule has 0 spiro atoms. The fraction of sp³-hybridized carbons (Fsp3) is 0.900. The van der Waals surface area contributed by atoms with Crippen molar-refractivity contribution < 1.29 is 22.7 Å². The maximum Gasteiger partial charge on any atom is 0.405 e. The summed E-state index contributed by atoms with van der Waals surface area (Å²) in [5.74, 6) is -0.571. The van der Waals surface area contributed by atoms with Gasteiger partial charge in [0, 0.05) is 7.11 Å². The molecule has 18 heavy (non-hydrogen) atoms. The van der Waals surface area contributed by atoms with Crippen molar-refractivity contribution in [1.82, 2.24) is 10.6 Å². The molecule has 4 nitrogen and oxygen atoms in total. The number of carbonyl (C=O) groups excluding carboxylic acids is 1. The van der Waals surface area contributed by atoms with Crippen molar-refractivity contribution in [2.75, 3.05) is 33.4 Å². The van der Waals surface area contributed by atoms with Crippen molar-refractivity contribution in [1.29, 1.82) is 0 Å². The molecule has 1 saturated heterocycles. The molecule has 0 aliphatic carbocycles. The number of amides is 1. The maximum atomic E-state index is 12.0. The molecule has 1 aliphatic rings. The number of alkyl halides is 3. The first-order valence-electron chi connectivity index (χ1n) is 5.44. The Morgan fingerprint density at radius 2 is 1.94 bits per heavy atom. The molecule has 0 unspecified atom stereocenters. The van der Waals surface area contributed by atoms with E-state index in [-0.39, 0.29) is 19.0 Å². The molecule has 8 heteroatoms. The van der Waals surface area contributed by atoms with Gasteiger partial charge in [-0.3, -0.25) is 4.79 Å². The van der Waals surface area contributed by atoms with Gasteiger partial charge in [-0.05, 0) is 25.9 Å². The summed E-state index contributed by atoms with van der Waals surface area (Å²) >= 11 is 0. The van der Waals surface area contributed by atoms with Crippen LogP contribution in [0.3, 0.4) is 0 Å². The SMILES string of the molecule is COCC1(C(=O)NCC(F)(F)F)CCNCC1.Cl. The highest BCUT2D eigenvalue weighted by Crippen LogP contribution is 2.29. The van der Waals surface area contributed by atoms with Crippen LogP contribution >= 0.6 is 12.4 Å². The lowest BCUT2D eigenvalue weighted by atomic mass is 9.78. The lowest BCUT2D eigenvalue weighted by molar-refractivity contribution is -0.148. The molecule has 0 aromatic carbocycles. The standard InChI is InChI=1S/C10H17F3N2O2.ClH/c1-17-7-9(2-4-14-5-3-9)8(16)15-6-10(11,12)13;/h14H,2-7H2,1H3,(H,15,16);1H. The Morgan fingerprint density at radius 1 is 1.39 bits per heavy atom. The van der Waals surface area contributed by atoms with Crippen molar-refractivity contribution >= 4 is 18.3 Å². The molecule has 0 radical (unpaired) electrons. The van der Waals surface area contributed by atoms with E-state index in [0.29, 0.717) is 25.9 Å². The number of hydrogen-bond donors (Lipinski definition) is 2. The number of ether oxygens (including phenoxy) is 1. The normalized spacial score (nSPS) is 18.9. The highest BCUT2D eigenvalue weighted by molar-refractivity contribution is 5.85. The van der Waals surface area contributed by atoms with Crippen LogP contribution in [0.1, 0.15) is 12.8 Å². The number of methoxy groups -OCH3 is 1. The van der Waals surface area contributed by atoms with Gasteiger partial charge in [0.05, 0.1) is 12.0 Å². The first kappa shape index (κ1) is 17.5. The van der Waals surface area contributed by atoms with Crippen LogP contribution < -0.4 is 10.6 Å². The van der Waals surface area contributed by atoms with Crippen LogP contribution in [0.4, 0.5) is 13.2 Å². The fourth-order valence-electron chi connectivity index (χ4n) is 1.99. The van der Waals surface area contributed by atoms with Gasteiger partial charge in [0.15, 0.2) is 0 Å². The first-order chi connectivity index (χ1) is 7.90. The Hall–Kier alpha value is -0.530. The number of hydrogen-bond acceptors (Lipinski definition) is 3. The molecule has 1 aliphatic heterocycles. The predicted molar refractivity (Wildman–Crippen MR) is 62.7 cm³/mol. The smallest absolute Gasteiger partial charge is 0.384 e. The number of rotatable bonds is 4. The van der Waals surface area contributed by atoms with E-state index < -0.39 is 24.0 Å². The topological polar surface area (TPSA) is 50.4 Å². The van der Waals surface area contributed by atoms with E-state index in [2.05, 4.69) is 5.32 Å². The number of halogens is 4. The zero-order chi connectivity index (χ0) is 12.9. The molecule has 1 rings (SSSR count). The molecular weight excluding hydrogens is 273 g/mol. The Balaban J connectivity index is 0.00000289. The molecule has 1 heterocycles. The van der Waals surface area contributed by atoms with E-state index in [1.807, 2.05) is 5.32 Å². The third-order valence-corrected chi connectivity index (χ3v) is 2.91. The quantitative estimate of drug-likeness (QED) is 0.815. The predicted octanol–water partition coefficient (Wildman–Crippen LogP) is 1.10. The van der Waals surface area contributed by atoms with Crippen LogP contribution in [-0.2, 0) is 9.53 Å². The second-order valence-electron chi connectivity index (χ2n) is 4.26. The second kappa shape index (κ2) is 7.16. The van der Waals surface area contributed by atoms with Crippen molar-refractivity contribution in [3.63, 3.8) is 0 Å². The number of piperidine rings is 1. The van der Waals surface area contributed by atoms with Crippen molar-refractivity contribution in [2.45, 2.75) is 19.0 Å². The Labute approximate surface area is 110 Å². The molecular formula is C10H18ClF3N2O2. The Bertz CT molecular complexity index is 263. The lowest BCUT2D eigenvalue weighted by Gasteiger charge is -2.35. The van der Waals surface area contributed by atoms with Gasteiger partial charge in [0.2, 0.25) is 5.91 Å². The van der Waals surface area contributed by atoms with Gasteiger partial charge in [0.25, 0.3) is 0 Å². The van der Waals surface area contributed by atoms with Crippen LogP contribution in [0.25, 0.3) is 0 Å². The zero-order valence-electron chi connectivity index (χ0n) is 10.1. The third kappa shape index (κ3) is 4.99. The van der Waals surface area contributed by atoms with Crippen molar-refractivity contribution in [3.8, 4) is 0 Å². The van der Waals surface area contributed by atoms with Gasteiger partial charge in [-0.15, -0.1) is 12.4 Å². The Kier molecular flexibility index (Phi) is 6.94. The monoisotopic (exact) mass is 290 g/mol. The summed E-state index contributed by atoms with van der Waals surface area (Å²) in [6, 6.07) is 0. The van der Waals surface area contributed by atoms with Gasteiger partial charge in [-0.25, -0.2) is 0 Å². The zero-order valence-corrected chi connectivity index (χ0v) is 10.9. The second-order valence-corrected chi connectivity index (χ2v) is 4.26. The van der Waals surface area contributed by atoms with Crippen molar-refractivity contribution in [3.05, 3.63) is 0 Å². The molecule has 0 bridgehead atoms. The van der Waals surface area contributed by atoms with Gasteiger partial charge in [0.1, 0.15) is 6.54 Å². The van der Waals surface area contributed by atoms with Crippen LogP contribution in [0.5, 0.6) is 0 Å². The molecule has 0 atom stereocenters. The molecule has 1 fully saturated rings. The van der Waals surface area contributed by atoms with E-state index in [1.165, 1.54) is 7.11 Å². The van der Waals surface area contributed by atoms with Gasteiger partial charge in [-0.1, -0.05) is 0 Å². The highest BCUT2D eigenvalue weighted by atomic mass is 35.5. The van der Waals surface area contributed by atoms with Gasteiger partial charge >= 0.3 is 6.18 Å². The lowest BCUT2D eigenvalue weighted by Crippen LogP contribution is -2.51. The van der Waals surface area contributed by atoms with Crippen LogP contribution in [0.15, 0.2) is 0 Å². The van der Waals surface area contributed by atoms with Crippen LogP contribution in [0, 0.1) is 5.41 Å². The minimum atomic E-state index is -4.38. The summed E-state index contributed by atoms with van der Waals surface area (Å²) in [7, 11) is 1.45. The summed E-state index contributed by atoms with van der Waals surface area (Å²) < 4.78 is 41.1. The minimum absolute atomic E-state index is 0. The van der Waals surface area contributed by atoms with E-state index in [9.17, 15) is 18.0 Å². The molecule has 0 aromatic rings. The van der Waals surface area contributed by atoms with Crippen LogP contribution in [-0.4, -0.2) is 45.4 Å². The number of nitrogens with one attached hydrogen (secondary N) is 2. The van der Waals surface area contributed by atoms with Gasteiger partial charge in [-0.2, -0.15) is 13.2 Å². The van der Waals surface area contributed by atoms with E-state index in [0.717, 1.165) is 0 Å². The molecule has 0 saturated carbocycles. The number of carbonyl (C=O) groups is 1. The van der Waals surface area contributed by atoms with Crippen molar-refractivity contribution in [2.24, 2.45) is 5.41 Å². The summed E-state index contributed by atoms with van der Waals surface area (Å²) in [6.07, 6.45) is -3.40. The summed E-state index contributed by atoms with van der Waals surface area (Å²) in [5, 5.41) is 5.01. The molecule has 1 amide bonds. The summed E-state index contributed by atoms with van der Waals surface area (Å²) in [5.41, 5.74) is -0.828. The molecule has 2 N–H and O–H groups in total. The maximum absolute atomic E-state index is 12.0. The first-order valence-corrected chi connectivity index (χ1v) is 5.44. The van der Waals surface area contributed by atoms with E-state index >= 15 is 0 Å². The highest BCUT2D eigenvalue weighted by Gasteiger charge is 2.41. The molecule has 108 valence electrons. The Morgan fingerprint density at radius 3 is 2.39 bits per heavy atom. The average molecular weight is 291 g/mol. The third-order valence-electron chi connectivity index (χ3n) is 2.91. The molecule has 0 aromatic heterocycles. The fourth-order valence-corrected chi connectivity index (χ4v) is 1.99. The summed E-state index contributed by atoms with van der Waals surface area (Å²) in [6.45, 7) is 0.0920. The largest absolute Gasteiger partial charge is 0.405 e. The van der Waals surface area contributed by atoms with E-state index in [4.69, 9.17) is 4.74 Å². The van der Waals surface area contributed by atoms with Crippen LogP contribution in [0.2, 0.25) is 0 Å². The average Bonchev–Trinajstić information content (AvgIpc) is 2.26. The summed E-state index contributed by atoms with van der Waals surface area (Å²) in [4.78, 5) is 11.8.